The Kier molecular flexibility index (Phi) is 4.84. The molecule has 0 aliphatic carbocycles. The second kappa shape index (κ2) is 6.61. The van der Waals surface area contributed by atoms with E-state index in [0.29, 0.717) is 0 Å². The maximum atomic E-state index is 5.91. The first-order valence-corrected chi connectivity index (χ1v) is 7.02. The molecular formula is C13H14ClN3S. The van der Waals surface area contributed by atoms with E-state index in [4.69, 9.17) is 11.6 Å². The van der Waals surface area contributed by atoms with Crippen LogP contribution in [0.4, 0.5) is 5.69 Å². The fourth-order valence-electron chi connectivity index (χ4n) is 1.43. The molecule has 0 aliphatic rings. The minimum atomic E-state index is 0.745. The van der Waals surface area contributed by atoms with Crippen molar-refractivity contribution in [3.8, 4) is 0 Å². The highest BCUT2D eigenvalue weighted by Crippen LogP contribution is 2.16. The van der Waals surface area contributed by atoms with Gasteiger partial charge in [-0.25, -0.2) is 9.97 Å². The van der Waals surface area contributed by atoms with Gasteiger partial charge in [-0.05, 0) is 31.2 Å². The molecule has 0 saturated carbocycles. The summed E-state index contributed by atoms with van der Waals surface area (Å²) in [5.74, 6) is 0.913. The molecule has 0 unspecified atom stereocenters. The first-order chi connectivity index (χ1) is 8.74. The smallest absolute Gasteiger partial charge is 0.187 e. The van der Waals surface area contributed by atoms with Crippen molar-refractivity contribution >= 4 is 29.1 Å². The van der Waals surface area contributed by atoms with E-state index >= 15 is 0 Å². The molecule has 5 heteroatoms. The van der Waals surface area contributed by atoms with Crippen molar-refractivity contribution in [3.05, 3.63) is 47.2 Å². The monoisotopic (exact) mass is 279 g/mol. The molecule has 0 atom stereocenters. The molecule has 0 radical (unpaired) electrons. The summed E-state index contributed by atoms with van der Waals surface area (Å²) in [7, 11) is 0. The number of thioether (sulfide) groups is 1. The van der Waals surface area contributed by atoms with Crippen molar-refractivity contribution in [2.24, 2.45) is 0 Å². The Hall–Kier alpha value is -1.26. The second-order valence-electron chi connectivity index (χ2n) is 3.77. The number of anilines is 1. The molecular weight excluding hydrogens is 266 g/mol. The number of aromatic nitrogens is 2. The van der Waals surface area contributed by atoms with E-state index in [1.165, 1.54) is 0 Å². The lowest BCUT2D eigenvalue weighted by Gasteiger charge is -2.06. The van der Waals surface area contributed by atoms with Crippen LogP contribution in [0.3, 0.4) is 0 Å². The Morgan fingerprint density at radius 2 is 2.22 bits per heavy atom. The number of rotatable bonds is 5. The van der Waals surface area contributed by atoms with Gasteiger partial charge in [0.1, 0.15) is 0 Å². The summed E-state index contributed by atoms with van der Waals surface area (Å²) < 4.78 is 0. The van der Waals surface area contributed by atoms with Gasteiger partial charge < -0.3 is 5.32 Å². The molecule has 2 aromatic rings. The van der Waals surface area contributed by atoms with Crippen LogP contribution in [-0.4, -0.2) is 22.3 Å². The fraction of sp³-hybridized carbons (Fsp3) is 0.231. The lowest BCUT2D eigenvalue weighted by molar-refractivity contribution is 0.931. The lowest BCUT2D eigenvalue weighted by Crippen LogP contribution is -2.04. The first-order valence-electron chi connectivity index (χ1n) is 5.66. The van der Waals surface area contributed by atoms with Crippen LogP contribution in [-0.2, 0) is 0 Å². The largest absolute Gasteiger partial charge is 0.384 e. The summed E-state index contributed by atoms with van der Waals surface area (Å²) in [6.07, 6.45) is 1.79. The minimum Gasteiger partial charge on any atom is -0.384 e. The van der Waals surface area contributed by atoms with E-state index in [0.717, 1.165) is 33.9 Å². The molecule has 0 saturated heterocycles. The summed E-state index contributed by atoms with van der Waals surface area (Å²) in [6.45, 7) is 2.82. The predicted molar refractivity (Wildman–Crippen MR) is 77.4 cm³/mol. The predicted octanol–water partition coefficient (Wildman–Crippen LogP) is 3.64. The SMILES string of the molecule is Cc1ccnc(SCCNc2cccc(Cl)c2)n1. The Bertz CT molecular complexity index is 472. The van der Waals surface area contributed by atoms with E-state index in [1.807, 2.05) is 37.3 Å². The molecule has 0 fully saturated rings. The van der Waals surface area contributed by atoms with Crippen LogP contribution in [0.15, 0.2) is 41.7 Å². The number of hydrogen-bond acceptors (Lipinski definition) is 4. The summed E-state index contributed by atoms with van der Waals surface area (Å²) in [6, 6.07) is 9.60. The summed E-state index contributed by atoms with van der Waals surface area (Å²) in [5.41, 5.74) is 2.03. The molecule has 1 heterocycles. The number of nitrogens with one attached hydrogen (secondary N) is 1. The maximum Gasteiger partial charge on any atom is 0.187 e. The Balaban J connectivity index is 1.76. The molecule has 3 nitrogen and oxygen atoms in total. The lowest BCUT2D eigenvalue weighted by atomic mass is 10.3. The molecule has 1 aromatic carbocycles. The van der Waals surface area contributed by atoms with Crippen molar-refractivity contribution < 1.29 is 0 Å². The average molecular weight is 280 g/mol. The highest BCUT2D eigenvalue weighted by Gasteiger charge is 1.98. The molecule has 0 spiro atoms. The van der Waals surface area contributed by atoms with Crippen LogP contribution in [0, 0.1) is 6.92 Å². The van der Waals surface area contributed by atoms with Crippen LogP contribution < -0.4 is 5.32 Å². The van der Waals surface area contributed by atoms with Gasteiger partial charge in [0.15, 0.2) is 5.16 Å². The second-order valence-corrected chi connectivity index (χ2v) is 5.26. The number of aryl methyl sites for hydroxylation is 1. The van der Waals surface area contributed by atoms with E-state index < -0.39 is 0 Å². The Labute approximate surface area is 116 Å². The van der Waals surface area contributed by atoms with E-state index in [-0.39, 0.29) is 0 Å². The highest BCUT2D eigenvalue weighted by molar-refractivity contribution is 7.99. The van der Waals surface area contributed by atoms with Crippen LogP contribution in [0.1, 0.15) is 5.69 Å². The molecule has 0 aliphatic heterocycles. The van der Waals surface area contributed by atoms with Crippen LogP contribution >= 0.6 is 23.4 Å². The Morgan fingerprint density at radius 1 is 1.33 bits per heavy atom. The normalized spacial score (nSPS) is 10.3. The Morgan fingerprint density at radius 3 is 3.00 bits per heavy atom. The number of nitrogens with zero attached hydrogens (tertiary/aromatic N) is 2. The molecule has 0 amide bonds. The van der Waals surface area contributed by atoms with Crippen molar-refractivity contribution in [1.29, 1.82) is 0 Å². The van der Waals surface area contributed by atoms with Crippen molar-refractivity contribution in [2.45, 2.75) is 12.1 Å². The zero-order chi connectivity index (χ0) is 12.8. The van der Waals surface area contributed by atoms with Gasteiger partial charge in [0.05, 0.1) is 0 Å². The third-order valence-electron chi connectivity index (χ3n) is 2.26. The van der Waals surface area contributed by atoms with Crippen LogP contribution in [0.25, 0.3) is 0 Å². The highest BCUT2D eigenvalue weighted by atomic mass is 35.5. The standard InChI is InChI=1S/C13H14ClN3S/c1-10-5-6-16-13(17-10)18-8-7-15-12-4-2-3-11(14)9-12/h2-6,9,15H,7-8H2,1H3. The zero-order valence-electron chi connectivity index (χ0n) is 10.1. The van der Waals surface area contributed by atoms with Gasteiger partial charge in [0.25, 0.3) is 0 Å². The molecule has 18 heavy (non-hydrogen) atoms. The zero-order valence-corrected chi connectivity index (χ0v) is 11.6. The molecule has 94 valence electrons. The number of hydrogen-bond donors (Lipinski definition) is 1. The molecule has 2 rings (SSSR count). The van der Waals surface area contributed by atoms with Gasteiger partial charge in [0.2, 0.25) is 0 Å². The third-order valence-corrected chi connectivity index (χ3v) is 3.36. The summed E-state index contributed by atoms with van der Waals surface area (Å²) in [5, 5.41) is 4.88. The van der Waals surface area contributed by atoms with Crippen molar-refractivity contribution in [1.82, 2.24) is 9.97 Å². The maximum absolute atomic E-state index is 5.91. The molecule has 0 bridgehead atoms. The van der Waals surface area contributed by atoms with Crippen molar-refractivity contribution in [2.75, 3.05) is 17.6 Å². The summed E-state index contributed by atoms with van der Waals surface area (Å²) in [4.78, 5) is 8.54. The van der Waals surface area contributed by atoms with Gasteiger partial charge in [-0.1, -0.05) is 29.4 Å². The molecule has 1 N–H and O–H groups in total. The van der Waals surface area contributed by atoms with Gasteiger partial charge in [-0.2, -0.15) is 0 Å². The fourth-order valence-corrected chi connectivity index (χ4v) is 2.35. The van der Waals surface area contributed by atoms with Crippen molar-refractivity contribution in [3.63, 3.8) is 0 Å². The average Bonchev–Trinajstić information content (AvgIpc) is 2.35. The third kappa shape index (κ3) is 4.20. The van der Waals surface area contributed by atoms with Crippen LogP contribution in [0.5, 0.6) is 0 Å². The van der Waals surface area contributed by atoms with Gasteiger partial charge in [-0.15, -0.1) is 0 Å². The molecule has 1 aromatic heterocycles. The van der Waals surface area contributed by atoms with E-state index in [1.54, 1.807) is 18.0 Å². The van der Waals surface area contributed by atoms with Crippen LogP contribution in [0.2, 0.25) is 5.02 Å². The van der Waals surface area contributed by atoms with E-state index in [9.17, 15) is 0 Å². The topological polar surface area (TPSA) is 37.8 Å². The van der Waals surface area contributed by atoms with Gasteiger partial charge in [-0.3, -0.25) is 0 Å². The first kappa shape index (κ1) is 13.2. The number of benzene rings is 1. The van der Waals surface area contributed by atoms with Gasteiger partial charge >= 0.3 is 0 Å². The van der Waals surface area contributed by atoms with Gasteiger partial charge in [0, 0.05) is 34.9 Å². The number of halogens is 1. The van der Waals surface area contributed by atoms with E-state index in [2.05, 4.69) is 15.3 Å². The quantitative estimate of drug-likeness (QED) is 0.515. The minimum absolute atomic E-state index is 0.745. The summed E-state index contributed by atoms with van der Waals surface area (Å²) >= 11 is 7.55.